The smallest absolute Gasteiger partial charge is 0.275 e. The predicted octanol–water partition coefficient (Wildman–Crippen LogP) is 3.21. The summed E-state index contributed by atoms with van der Waals surface area (Å²) < 4.78 is 15.7. The summed E-state index contributed by atoms with van der Waals surface area (Å²) in [6, 6.07) is 13.3. The average Bonchev–Trinajstić information content (AvgIpc) is 3.05. The maximum Gasteiger partial charge on any atom is 0.275 e. The van der Waals surface area contributed by atoms with Crippen LogP contribution in [0.3, 0.4) is 0 Å². The number of rotatable bonds is 7. The van der Waals surface area contributed by atoms with E-state index in [1.54, 1.807) is 33.5 Å². The standard InChI is InChI=1S/C21H22N2O4/c1-25-16-7-4-14(5-8-16)6-9-20-22-19(21(24)23-20)12-15-10-17(26-2)13-18(11-15)27-3/h4-5,7-8,10-13H,6,9H2,1-3H3,(H,22,23,24)/b19-12+. The first-order valence-corrected chi connectivity index (χ1v) is 8.58. The molecule has 0 radical (unpaired) electrons. The lowest BCUT2D eigenvalue weighted by Gasteiger charge is -2.05. The van der Waals surface area contributed by atoms with E-state index in [4.69, 9.17) is 14.2 Å². The summed E-state index contributed by atoms with van der Waals surface area (Å²) in [5.41, 5.74) is 2.31. The monoisotopic (exact) mass is 366 g/mol. The van der Waals surface area contributed by atoms with Crippen molar-refractivity contribution in [3.05, 3.63) is 59.3 Å². The Morgan fingerprint density at radius 1 is 0.889 bits per heavy atom. The Labute approximate surface area is 158 Å². The molecule has 1 heterocycles. The predicted molar refractivity (Wildman–Crippen MR) is 104 cm³/mol. The SMILES string of the molecule is COc1ccc(CCC2=N/C(=C/c3cc(OC)cc(OC)c3)C(=O)N2)cc1. The van der Waals surface area contributed by atoms with E-state index in [-0.39, 0.29) is 5.91 Å². The number of aryl methyl sites for hydroxylation is 1. The third-order valence-corrected chi connectivity index (χ3v) is 4.23. The number of nitrogens with zero attached hydrogens (tertiary/aromatic N) is 1. The lowest BCUT2D eigenvalue weighted by Crippen LogP contribution is -2.24. The number of amides is 1. The molecule has 0 spiro atoms. The minimum absolute atomic E-state index is 0.207. The molecule has 0 bridgehead atoms. The molecule has 6 nitrogen and oxygen atoms in total. The molecule has 2 aromatic carbocycles. The molecule has 140 valence electrons. The van der Waals surface area contributed by atoms with Crippen LogP contribution in [-0.2, 0) is 11.2 Å². The Morgan fingerprint density at radius 2 is 1.52 bits per heavy atom. The fourth-order valence-electron chi connectivity index (χ4n) is 2.76. The summed E-state index contributed by atoms with van der Waals surface area (Å²) in [4.78, 5) is 16.7. The molecule has 0 saturated heterocycles. The molecule has 2 aromatic rings. The summed E-state index contributed by atoms with van der Waals surface area (Å²) in [5, 5.41) is 2.83. The average molecular weight is 366 g/mol. The molecular weight excluding hydrogens is 344 g/mol. The van der Waals surface area contributed by atoms with Crippen LogP contribution in [0, 0.1) is 0 Å². The minimum atomic E-state index is -0.207. The van der Waals surface area contributed by atoms with Gasteiger partial charge in [-0.05, 0) is 47.9 Å². The van der Waals surface area contributed by atoms with Crippen molar-refractivity contribution in [1.82, 2.24) is 5.32 Å². The normalized spacial score (nSPS) is 14.7. The molecule has 0 saturated carbocycles. The number of aliphatic imine (C=N–C) groups is 1. The molecule has 1 aliphatic rings. The van der Waals surface area contributed by atoms with Crippen LogP contribution in [0.2, 0.25) is 0 Å². The molecule has 27 heavy (non-hydrogen) atoms. The Kier molecular flexibility index (Phi) is 5.76. The summed E-state index contributed by atoms with van der Waals surface area (Å²) >= 11 is 0. The molecule has 1 aliphatic heterocycles. The van der Waals surface area contributed by atoms with Crippen LogP contribution in [0.5, 0.6) is 17.2 Å². The third-order valence-electron chi connectivity index (χ3n) is 4.23. The molecule has 3 rings (SSSR count). The van der Waals surface area contributed by atoms with Crippen molar-refractivity contribution >= 4 is 17.8 Å². The highest BCUT2D eigenvalue weighted by atomic mass is 16.5. The van der Waals surface area contributed by atoms with Gasteiger partial charge in [0.2, 0.25) is 0 Å². The number of ether oxygens (including phenoxy) is 3. The van der Waals surface area contributed by atoms with Crippen LogP contribution in [0.15, 0.2) is 53.2 Å². The van der Waals surface area contributed by atoms with E-state index in [1.807, 2.05) is 36.4 Å². The molecule has 1 N–H and O–H groups in total. The number of benzene rings is 2. The van der Waals surface area contributed by atoms with Crippen molar-refractivity contribution in [2.45, 2.75) is 12.8 Å². The molecule has 0 aliphatic carbocycles. The van der Waals surface area contributed by atoms with Crippen LogP contribution >= 0.6 is 0 Å². The number of hydrogen-bond donors (Lipinski definition) is 1. The lowest BCUT2D eigenvalue weighted by molar-refractivity contribution is -0.115. The molecular formula is C21H22N2O4. The van der Waals surface area contributed by atoms with Crippen LogP contribution in [0.4, 0.5) is 0 Å². The topological polar surface area (TPSA) is 69.1 Å². The highest BCUT2D eigenvalue weighted by Crippen LogP contribution is 2.25. The molecule has 1 amide bonds. The Balaban J connectivity index is 1.72. The van der Waals surface area contributed by atoms with E-state index < -0.39 is 0 Å². The second kappa shape index (κ2) is 8.40. The van der Waals surface area contributed by atoms with Crippen molar-refractivity contribution in [2.75, 3.05) is 21.3 Å². The second-order valence-corrected chi connectivity index (χ2v) is 6.04. The molecule has 0 aromatic heterocycles. The second-order valence-electron chi connectivity index (χ2n) is 6.04. The first-order valence-electron chi connectivity index (χ1n) is 8.58. The fraction of sp³-hybridized carbons (Fsp3) is 0.238. The van der Waals surface area contributed by atoms with Gasteiger partial charge in [-0.25, -0.2) is 4.99 Å². The summed E-state index contributed by atoms with van der Waals surface area (Å²) in [5.74, 6) is 2.59. The highest BCUT2D eigenvalue weighted by Gasteiger charge is 2.19. The number of amidine groups is 1. The van der Waals surface area contributed by atoms with Crippen LogP contribution < -0.4 is 19.5 Å². The quantitative estimate of drug-likeness (QED) is 0.764. The van der Waals surface area contributed by atoms with Gasteiger partial charge in [0.1, 0.15) is 28.8 Å². The third kappa shape index (κ3) is 4.67. The van der Waals surface area contributed by atoms with Crippen molar-refractivity contribution < 1.29 is 19.0 Å². The maximum atomic E-state index is 12.2. The number of nitrogens with one attached hydrogen (secondary N) is 1. The van der Waals surface area contributed by atoms with E-state index >= 15 is 0 Å². The van der Waals surface area contributed by atoms with Gasteiger partial charge in [-0.1, -0.05) is 12.1 Å². The van der Waals surface area contributed by atoms with Gasteiger partial charge in [0, 0.05) is 12.5 Å². The van der Waals surface area contributed by atoms with Gasteiger partial charge in [0.15, 0.2) is 0 Å². The Bertz CT molecular complexity index is 863. The summed E-state index contributed by atoms with van der Waals surface area (Å²) in [7, 11) is 4.82. The number of carbonyl (C=O) groups excluding carboxylic acids is 1. The van der Waals surface area contributed by atoms with E-state index in [0.717, 1.165) is 23.3 Å². The minimum Gasteiger partial charge on any atom is -0.497 e. The largest absolute Gasteiger partial charge is 0.497 e. The van der Waals surface area contributed by atoms with Crippen molar-refractivity contribution in [1.29, 1.82) is 0 Å². The van der Waals surface area contributed by atoms with Crippen LogP contribution in [-0.4, -0.2) is 33.1 Å². The summed E-state index contributed by atoms with van der Waals surface area (Å²) in [6.07, 6.45) is 3.15. The van der Waals surface area contributed by atoms with Crippen molar-refractivity contribution in [3.8, 4) is 17.2 Å². The van der Waals surface area contributed by atoms with Gasteiger partial charge in [0.25, 0.3) is 5.91 Å². The van der Waals surface area contributed by atoms with Crippen molar-refractivity contribution in [3.63, 3.8) is 0 Å². The molecule has 0 fully saturated rings. The Hall–Kier alpha value is -3.28. The van der Waals surface area contributed by atoms with E-state index in [1.165, 1.54) is 0 Å². The van der Waals surface area contributed by atoms with Gasteiger partial charge < -0.3 is 19.5 Å². The van der Waals surface area contributed by atoms with E-state index in [9.17, 15) is 4.79 Å². The van der Waals surface area contributed by atoms with E-state index in [2.05, 4.69) is 10.3 Å². The summed E-state index contributed by atoms with van der Waals surface area (Å²) in [6.45, 7) is 0. The number of carbonyl (C=O) groups is 1. The fourth-order valence-corrected chi connectivity index (χ4v) is 2.76. The van der Waals surface area contributed by atoms with Gasteiger partial charge in [-0.15, -0.1) is 0 Å². The molecule has 6 heteroatoms. The van der Waals surface area contributed by atoms with E-state index in [0.29, 0.717) is 29.5 Å². The van der Waals surface area contributed by atoms with Gasteiger partial charge in [0.05, 0.1) is 21.3 Å². The zero-order chi connectivity index (χ0) is 19.2. The highest BCUT2D eigenvalue weighted by molar-refractivity contribution is 6.14. The Morgan fingerprint density at radius 3 is 2.11 bits per heavy atom. The maximum absolute atomic E-state index is 12.2. The van der Waals surface area contributed by atoms with Gasteiger partial charge >= 0.3 is 0 Å². The van der Waals surface area contributed by atoms with Crippen LogP contribution in [0.1, 0.15) is 17.5 Å². The van der Waals surface area contributed by atoms with Crippen LogP contribution in [0.25, 0.3) is 6.08 Å². The number of methoxy groups -OCH3 is 3. The lowest BCUT2D eigenvalue weighted by atomic mass is 10.1. The molecule has 0 atom stereocenters. The zero-order valence-corrected chi connectivity index (χ0v) is 15.6. The molecule has 0 unspecified atom stereocenters. The first-order chi connectivity index (χ1) is 13.1. The van der Waals surface area contributed by atoms with Gasteiger partial charge in [-0.3, -0.25) is 4.79 Å². The first kappa shape index (κ1) is 18.5. The van der Waals surface area contributed by atoms with Crippen molar-refractivity contribution in [2.24, 2.45) is 4.99 Å². The number of hydrogen-bond acceptors (Lipinski definition) is 5. The van der Waals surface area contributed by atoms with Gasteiger partial charge in [-0.2, -0.15) is 0 Å². The zero-order valence-electron chi connectivity index (χ0n) is 15.6.